The molecule has 1 aliphatic carbocycles. The molecule has 116 valence electrons. The maximum absolute atomic E-state index is 12.2. The summed E-state index contributed by atoms with van der Waals surface area (Å²) in [6, 6.07) is 5.82. The minimum Gasteiger partial charge on any atom is -0.305 e. The number of imidazole rings is 1. The Labute approximate surface area is 132 Å². The number of H-pyrrole nitrogens is 1. The summed E-state index contributed by atoms with van der Waals surface area (Å²) in [7, 11) is 0. The molecule has 2 N–H and O–H groups in total. The molecule has 1 aliphatic rings. The molecule has 0 aliphatic heterocycles. The van der Waals surface area contributed by atoms with Gasteiger partial charge in [0.2, 0.25) is 0 Å². The monoisotopic (exact) mass is 320 g/mol. The fraction of sp³-hybridized carbons (Fsp3) is 0.429. The molecule has 0 unspecified atom stereocenters. The van der Waals surface area contributed by atoms with Gasteiger partial charge in [0.1, 0.15) is 0 Å². The predicted octanol–water partition coefficient (Wildman–Crippen LogP) is 3.04. The van der Waals surface area contributed by atoms with Crippen molar-refractivity contribution in [3.8, 4) is 0 Å². The van der Waals surface area contributed by atoms with Gasteiger partial charge < -0.3 is 4.98 Å². The van der Waals surface area contributed by atoms with E-state index in [-0.39, 0.29) is 17.8 Å². The number of nitrogens with one attached hydrogen (secondary N) is 2. The zero-order valence-electron chi connectivity index (χ0n) is 12.0. The van der Waals surface area contributed by atoms with Crippen LogP contribution in [0.5, 0.6) is 0 Å². The molecule has 1 aromatic carbocycles. The number of hydrogen-bond donors (Lipinski definition) is 2. The number of aromatic nitrogens is 2. The molecule has 22 heavy (non-hydrogen) atoms. The molecule has 1 heterocycles. The van der Waals surface area contributed by atoms with Crippen LogP contribution in [0.15, 0.2) is 38.4 Å². The molecular formula is C14H17ClN6O. The summed E-state index contributed by atoms with van der Waals surface area (Å²) in [6.07, 6.45) is 3.56. The lowest BCUT2D eigenvalue weighted by atomic mass is 9.91. The van der Waals surface area contributed by atoms with Crippen LogP contribution >= 0.6 is 11.6 Å². The van der Waals surface area contributed by atoms with Gasteiger partial charge in [0.05, 0.1) is 17.1 Å². The number of hydrogen-bond acceptors (Lipinski definition) is 4. The van der Waals surface area contributed by atoms with Crippen molar-refractivity contribution < 1.29 is 0 Å². The van der Waals surface area contributed by atoms with E-state index in [1.54, 1.807) is 6.07 Å². The Morgan fingerprint density at radius 2 is 2.09 bits per heavy atom. The molecule has 8 heteroatoms. The van der Waals surface area contributed by atoms with Crippen molar-refractivity contribution in [1.29, 1.82) is 0 Å². The van der Waals surface area contributed by atoms with Gasteiger partial charge in [-0.3, -0.25) is 4.57 Å². The SMILES string of the molecule is C=NNN=NC1CCC(n2c(=O)[nH]c3cc(Cl)ccc32)CC1. The van der Waals surface area contributed by atoms with E-state index in [0.717, 1.165) is 36.7 Å². The largest absolute Gasteiger partial charge is 0.326 e. The van der Waals surface area contributed by atoms with E-state index < -0.39 is 0 Å². The van der Waals surface area contributed by atoms with Gasteiger partial charge in [-0.25, -0.2) is 4.79 Å². The van der Waals surface area contributed by atoms with Gasteiger partial charge in [-0.15, -0.1) is 0 Å². The highest BCUT2D eigenvalue weighted by molar-refractivity contribution is 6.31. The molecule has 1 aromatic heterocycles. The topological polar surface area (TPSA) is 86.9 Å². The first-order chi connectivity index (χ1) is 10.7. The number of aromatic amines is 1. The standard InChI is InChI=1S/C14H17ClN6O/c1-16-19-20-18-10-3-5-11(6-4-10)21-13-7-2-9(15)8-12(13)17-14(21)22/h2,7-8,10-11H,1,3-6H2,(H,17,22)(H,18,19). The fourth-order valence-electron chi connectivity index (χ4n) is 3.04. The van der Waals surface area contributed by atoms with Crippen molar-refractivity contribution in [1.82, 2.24) is 15.1 Å². The maximum Gasteiger partial charge on any atom is 0.326 e. The number of fused-ring (bicyclic) bond motifs is 1. The van der Waals surface area contributed by atoms with E-state index >= 15 is 0 Å². The van der Waals surface area contributed by atoms with Crippen LogP contribution in [0.2, 0.25) is 5.02 Å². The first-order valence-electron chi connectivity index (χ1n) is 7.19. The number of nitrogens with zero attached hydrogens (tertiary/aromatic N) is 4. The van der Waals surface area contributed by atoms with Gasteiger partial charge in [-0.1, -0.05) is 16.8 Å². The van der Waals surface area contributed by atoms with Crippen LogP contribution in [0.1, 0.15) is 31.7 Å². The molecule has 1 saturated carbocycles. The lowest BCUT2D eigenvalue weighted by Gasteiger charge is -2.26. The summed E-state index contributed by atoms with van der Waals surface area (Å²) in [5.74, 6) is 0. The van der Waals surface area contributed by atoms with Crippen molar-refractivity contribution in [2.75, 3.05) is 0 Å². The lowest BCUT2D eigenvalue weighted by Crippen LogP contribution is -2.27. The van der Waals surface area contributed by atoms with Crippen LogP contribution in [0, 0.1) is 0 Å². The van der Waals surface area contributed by atoms with E-state index in [4.69, 9.17) is 11.6 Å². The summed E-state index contributed by atoms with van der Waals surface area (Å²) in [5.41, 5.74) is 3.97. The van der Waals surface area contributed by atoms with Gasteiger partial charge in [0, 0.05) is 17.8 Å². The molecule has 0 bridgehead atoms. The number of halogens is 1. The molecule has 1 fully saturated rings. The second-order valence-electron chi connectivity index (χ2n) is 5.40. The van der Waals surface area contributed by atoms with E-state index in [1.807, 2.05) is 16.7 Å². The van der Waals surface area contributed by atoms with Crippen molar-refractivity contribution in [2.24, 2.45) is 15.4 Å². The molecule has 0 radical (unpaired) electrons. The average molecular weight is 321 g/mol. The summed E-state index contributed by atoms with van der Waals surface area (Å²) in [5, 5.41) is 11.9. The smallest absolute Gasteiger partial charge is 0.305 e. The van der Waals surface area contributed by atoms with Crippen LogP contribution in [0.25, 0.3) is 11.0 Å². The molecule has 0 saturated heterocycles. The van der Waals surface area contributed by atoms with E-state index in [9.17, 15) is 4.79 Å². The van der Waals surface area contributed by atoms with Crippen LogP contribution in [-0.2, 0) is 0 Å². The summed E-state index contributed by atoms with van der Waals surface area (Å²) in [6.45, 7) is 3.27. The minimum atomic E-state index is -0.0835. The van der Waals surface area contributed by atoms with Crippen molar-refractivity contribution >= 4 is 29.4 Å². The summed E-state index contributed by atoms with van der Waals surface area (Å²) >= 11 is 5.97. The highest BCUT2D eigenvalue weighted by Gasteiger charge is 2.24. The molecule has 2 aromatic rings. The predicted molar refractivity (Wildman–Crippen MR) is 86.4 cm³/mol. The van der Waals surface area contributed by atoms with Crippen LogP contribution in [0.4, 0.5) is 0 Å². The maximum atomic E-state index is 12.2. The zero-order valence-corrected chi connectivity index (χ0v) is 12.8. The normalized spacial score (nSPS) is 22.2. The second kappa shape index (κ2) is 6.31. The molecule has 0 atom stereocenters. The van der Waals surface area contributed by atoms with Crippen molar-refractivity contribution in [3.63, 3.8) is 0 Å². The Kier molecular flexibility index (Phi) is 4.24. The van der Waals surface area contributed by atoms with Gasteiger partial charge in [0.25, 0.3) is 0 Å². The third-order valence-corrected chi connectivity index (χ3v) is 4.28. The molecule has 7 nitrogen and oxygen atoms in total. The van der Waals surface area contributed by atoms with Crippen LogP contribution < -0.4 is 11.2 Å². The Bertz CT molecular complexity index is 756. The van der Waals surface area contributed by atoms with E-state index in [0.29, 0.717) is 5.02 Å². The van der Waals surface area contributed by atoms with Crippen LogP contribution in [0.3, 0.4) is 0 Å². The number of rotatable bonds is 4. The van der Waals surface area contributed by atoms with Crippen molar-refractivity contribution in [2.45, 2.75) is 37.8 Å². The molecule has 3 rings (SSSR count). The quantitative estimate of drug-likeness (QED) is 0.515. The highest BCUT2D eigenvalue weighted by atomic mass is 35.5. The van der Waals surface area contributed by atoms with Gasteiger partial charge in [-0.05, 0) is 43.9 Å². The second-order valence-corrected chi connectivity index (χ2v) is 5.83. The zero-order chi connectivity index (χ0) is 15.5. The highest BCUT2D eigenvalue weighted by Crippen LogP contribution is 2.31. The third kappa shape index (κ3) is 2.89. The Morgan fingerprint density at radius 3 is 2.82 bits per heavy atom. The fourth-order valence-corrected chi connectivity index (χ4v) is 3.21. The Morgan fingerprint density at radius 1 is 1.32 bits per heavy atom. The first-order valence-corrected chi connectivity index (χ1v) is 7.57. The molecule has 0 spiro atoms. The molecular weight excluding hydrogens is 304 g/mol. The van der Waals surface area contributed by atoms with Crippen LogP contribution in [-0.4, -0.2) is 22.3 Å². The van der Waals surface area contributed by atoms with Gasteiger partial charge >= 0.3 is 5.69 Å². The Hall–Kier alpha value is -2.15. The third-order valence-electron chi connectivity index (χ3n) is 4.05. The number of benzene rings is 1. The lowest BCUT2D eigenvalue weighted by molar-refractivity contribution is 0.317. The molecule has 0 amide bonds. The van der Waals surface area contributed by atoms with Gasteiger partial charge in [-0.2, -0.15) is 15.8 Å². The summed E-state index contributed by atoms with van der Waals surface area (Å²) in [4.78, 5) is 15.1. The van der Waals surface area contributed by atoms with Gasteiger partial charge in [0.15, 0.2) is 0 Å². The first kappa shape index (κ1) is 14.8. The minimum absolute atomic E-state index is 0.0835. The Balaban J connectivity index is 1.78. The average Bonchev–Trinajstić information content (AvgIpc) is 2.83. The van der Waals surface area contributed by atoms with E-state index in [2.05, 4.69) is 32.7 Å². The van der Waals surface area contributed by atoms with E-state index in [1.165, 1.54) is 0 Å². The summed E-state index contributed by atoms with van der Waals surface area (Å²) < 4.78 is 1.84. The number of hydrazone groups is 1. The van der Waals surface area contributed by atoms with Crippen molar-refractivity contribution in [3.05, 3.63) is 33.7 Å².